The van der Waals surface area contributed by atoms with Crippen molar-refractivity contribution >= 4 is 5.71 Å². The molecule has 0 fully saturated rings. The molecule has 3 heteroatoms. The fourth-order valence-corrected chi connectivity index (χ4v) is 1.63. The number of hydrogen-bond acceptors (Lipinski definition) is 3. The number of rotatable bonds is 3. The van der Waals surface area contributed by atoms with Crippen LogP contribution >= 0.6 is 0 Å². The highest BCUT2D eigenvalue weighted by Crippen LogP contribution is 2.11. The van der Waals surface area contributed by atoms with Crippen molar-refractivity contribution in [2.75, 3.05) is 7.11 Å². The van der Waals surface area contributed by atoms with Gasteiger partial charge in [-0.2, -0.15) is 0 Å². The van der Waals surface area contributed by atoms with Gasteiger partial charge in [0.15, 0.2) is 0 Å². The molecule has 0 aliphatic carbocycles. The quantitative estimate of drug-likeness (QED) is 0.595. The van der Waals surface area contributed by atoms with E-state index in [2.05, 4.69) is 16.2 Å². The van der Waals surface area contributed by atoms with Crippen LogP contribution < -0.4 is 0 Å². The first-order valence-corrected chi connectivity index (χ1v) is 5.41. The molecule has 2 aromatic rings. The maximum Gasteiger partial charge on any atom is 0.135 e. The van der Waals surface area contributed by atoms with Crippen molar-refractivity contribution in [3.8, 4) is 0 Å². The summed E-state index contributed by atoms with van der Waals surface area (Å²) in [5.41, 5.74) is 3.74. The van der Waals surface area contributed by atoms with E-state index < -0.39 is 0 Å². The fraction of sp³-hybridized carbons (Fsp3) is 0.143. The molecule has 0 N–H and O–H groups in total. The van der Waals surface area contributed by atoms with Gasteiger partial charge >= 0.3 is 0 Å². The van der Waals surface area contributed by atoms with Crippen molar-refractivity contribution in [1.29, 1.82) is 0 Å². The first-order chi connectivity index (χ1) is 8.31. The van der Waals surface area contributed by atoms with Crippen LogP contribution in [0.1, 0.15) is 16.8 Å². The van der Waals surface area contributed by atoms with Crippen LogP contribution in [0.15, 0.2) is 53.8 Å². The van der Waals surface area contributed by atoms with Gasteiger partial charge in [-0.1, -0.05) is 35.0 Å². The van der Waals surface area contributed by atoms with Crippen LogP contribution in [-0.4, -0.2) is 17.8 Å². The van der Waals surface area contributed by atoms with Crippen molar-refractivity contribution in [3.63, 3.8) is 0 Å². The molecule has 0 saturated carbocycles. The second-order valence-electron chi connectivity index (χ2n) is 3.71. The topological polar surface area (TPSA) is 34.5 Å². The third-order valence-electron chi connectivity index (χ3n) is 2.38. The van der Waals surface area contributed by atoms with Crippen LogP contribution in [0, 0.1) is 6.92 Å². The van der Waals surface area contributed by atoms with Gasteiger partial charge in [0, 0.05) is 11.8 Å². The summed E-state index contributed by atoms with van der Waals surface area (Å²) in [5.74, 6) is 0. The lowest BCUT2D eigenvalue weighted by Gasteiger charge is -2.05. The van der Waals surface area contributed by atoms with Crippen LogP contribution in [0.4, 0.5) is 0 Å². The Balaban J connectivity index is 2.47. The van der Waals surface area contributed by atoms with E-state index in [0.717, 1.165) is 17.0 Å². The van der Waals surface area contributed by atoms with E-state index in [1.807, 2.05) is 43.3 Å². The molecule has 0 saturated heterocycles. The van der Waals surface area contributed by atoms with Crippen LogP contribution in [-0.2, 0) is 4.84 Å². The van der Waals surface area contributed by atoms with Crippen molar-refractivity contribution in [1.82, 2.24) is 4.98 Å². The summed E-state index contributed by atoms with van der Waals surface area (Å²) in [7, 11) is 1.54. The van der Waals surface area contributed by atoms with E-state index >= 15 is 0 Å². The van der Waals surface area contributed by atoms with Gasteiger partial charge in [0.2, 0.25) is 0 Å². The molecule has 0 aliphatic rings. The van der Waals surface area contributed by atoms with E-state index in [1.54, 1.807) is 13.3 Å². The predicted molar refractivity (Wildman–Crippen MR) is 68.1 cm³/mol. The number of benzene rings is 1. The summed E-state index contributed by atoms with van der Waals surface area (Å²) in [4.78, 5) is 9.19. The standard InChI is InChI=1S/C14H14N2O/c1-11-6-5-7-12(10-11)14(16-17-2)13-8-3-4-9-15-13/h3-10H,1-2H3/b16-14+. The Kier molecular flexibility index (Phi) is 3.50. The van der Waals surface area contributed by atoms with Gasteiger partial charge in [0.05, 0.1) is 5.69 Å². The van der Waals surface area contributed by atoms with Crippen LogP contribution in [0.2, 0.25) is 0 Å². The molecule has 17 heavy (non-hydrogen) atoms. The molecule has 86 valence electrons. The number of aromatic nitrogens is 1. The maximum atomic E-state index is 4.90. The van der Waals surface area contributed by atoms with Crippen LogP contribution in [0.3, 0.4) is 0 Å². The Bertz CT molecular complexity index is 521. The summed E-state index contributed by atoms with van der Waals surface area (Å²) in [6.45, 7) is 2.05. The largest absolute Gasteiger partial charge is 0.399 e. The lowest BCUT2D eigenvalue weighted by molar-refractivity contribution is 0.214. The van der Waals surface area contributed by atoms with E-state index in [9.17, 15) is 0 Å². The minimum absolute atomic E-state index is 0.747. The summed E-state index contributed by atoms with van der Waals surface area (Å²) in [6.07, 6.45) is 1.75. The molecule has 1 aromatic heterocycles. The monoisotopic (exact) mass is 226 g/mol. The van der Waals surface area contributed by atoms with Gasteiger partial charge < -0.3 is 4.84 Å². The van der Waals surface area contributed by atoms with E-state index in [1.165, 1.54) is 5.56 Å². The van der Waals surface area contributed by atoms with Gasteiger partial charge in [0.1, 0.15) is 12.8 Å². The number of nitrogens with zero attached hydrogens (tertiary/aromatic N) is 2. The lowest BCUT2D eigenvalue weighted by Crippen LogP contribution is -2.06. The van der Waals surface area contributed by atoms with Crippen molar-refractivity contribution < 1.29 is 4.84 Å². The molecule has 0 bridgehead atoms. The zero-order chi connectivity index (χ0) is 12.1. The van der Waals surface area contributed by atoms with Crippen molar-refractivity contribution in [2.24, 2.45) is 5.16 Å². The average Bonchev–Trinajstić information content (AvgIpc) is 2.37. The second-order valence-corrected chi connectivity index (χ2v) is 3.71. The zero-order valence-electron chi connectivity index (χ0n) is 9.92. The fourth-order valence-electron chi connectivity index (χ4n) is 1.63. The first kappa shape index (κ1) is 11.3. The summed E-state index contributed by atoms with van der Waals surface area (Å²) in [6, 6.07) is 13.8. The zero-order valence-corrected chi connectivity index (χ0v) is 9.92. The minimum atomic E-state index is 0.747. The van der Waals surface area contributed by atoms with Gasteiger partial charge in [-0.05, 0) is 25.1 Å². The second kappa shape index (κ2) is 5.25. The summed E-state index contributed by atoms with van der Waals surface area (Å²) >= 11 is 0. The molecule has 0 amide bonds. The van der Waals surface area contributed by atoms with Gasteiger partial charge in [-0.3, -0.25) is 4.98 Å². The number of pyridine rings is 1. The Morgan fingerprint density at radius 3 is 2.71 bits per heavy atom. The normalized spacial score (nSPS) is 11.3. The molecule has 1 heterocycles. The Morgan fingerprint density at radius 1 is 1.18 bits per heavy atom. The molecule has 3 nitrogen and oxygen atoms in total. The molecule has 0 aliphatic heterocycles. The summed E-state index contributed by atoms with van der Waals surface area (Å²) < 4.78 is 0. The smallest absolute Gasteiger partial charge is 0.135 e. The molecule has 1 aromatic carbocycles. The minimum Gasteiger partial charge on any atom is -0.399 e. The Morgan fingerprint density at radius 2 is 2.06 bits per heavy atom. The van der Waals surface area contributed by atoms with Gasteiger partial charge in [-0.25, -0.2) is 0 Å². The molecular formula is C14H14N2O. The van der Waals surface area contributed by atoms with E-state index in [0.29, 0.717) is 0 Å². The molecule has 2 rings (SSSR count). The molecule has 0 spiro atoms. The number of oxime groups is 1. The van der Waals surface area contributed by atoms with Crippen molar-refractivity contribution in [2.45, 2.75) is 6.92 Å². The Hall–Kier alpha value is -2.16. The molecular weight excluding hydrogens is 212 g/mol. The van der Waals surface area contributed by atoms with Crippen LogP contribution in [0.25, 0.3) is 0 Å². The van der Waals surface area contributed by atoms with Gasteiger partial charge in [0.25, 0.3) is 0 Å². The third-order valence-corrected chi connectivity index (χ3v) is 2.38. The highest BCUT2D eigenvalue weighted by atomic mass is 16.6. The summed E-state index contributed by atoms with van der Waals surface area (Å²) in [5, 5.41) is 4.06. The maximum absolute atomic E-state index is 4.90. The first-order valence-electron chi connectivity index (χ1n) is 5.41. The van der Waals surface area contributed by atoms with Crippen molar-refractivity contribution in [3.05, 3.63) is 65.5 Å². The number of aryl methyl sites for hydroxylation is 1. The van der Waals surface area contributed by atoms with Crippen LogP contribution in [0.5, 0.6) is 0 Å². The van der Waals surface area contributed by atoms with E-state index in [-0.39, 0.29) is 0 Å². The highest BCUT2D eigenvalue weighted by Gasteiger charge is 2.08. The SMILES string of the molecule is CO/N=C(\c1cccc(C)c1)c1ccccn1. The molecule has 0 atom stereocenters. The molecule has 0 radical (unpaired) electrons. The third kappa shape index (κ3) is 2.69. The number of hydrogen-bond donors (Lipinski definition) is 0. The predicted octanol–water partition coefficient (Wildman–Crippen LogP) is 2.79. The average molecular weight is 226 g/mol. The van der Waals surface area contributed by atoms with Gasteiger partial charge in [-0.15, -0.1) is 0 Å². The van der Waals surface area contributed by atoms with E-state index in [4.69, 9.17) is 4.84 Å². The lowest BCUT2D eigenvalue weighted by atomic mass is 10.0. The molecule has 0 unspecified atom stereocenters. The highest BCUT2D eigenvalue weighted by molar-refractivity contribution is 6.11. The Labute approximate surface area is 101 Å².